The Hall–Kier alpha value is -2.83. The van der Waals surface area contributed by atoms with Crippen LogP contribution in [0.3, 0.4) is 0 Å². The minimum atomic E-state index is -1.06. The monoisotopic (exact) mass is 304 g/mol. The number of rotatable bonds is 3. The van der Waals surface area contributed by atoms with Gasteiger partial charge in [0.05, 0.1) is 23.0 Å². The highest BCUT2D eigenvalue weighted by molar-refractivity contribution is 5.91. The van der Waals surface area contributed by atoms with Gasteiger partial charge in [0.1, 0.15) is 12.4 Å². The van der Waals surface area contributed by atoms with Crippen LogP contribution in [0, 0.1) is 18.6 Å². The Morgan fingerprint density at radius 1 is 1.23 bits per heavy atom. The number of carbonyl (C=O) groups excluding carboxylic acids is 1. The van der Waals surface area contributed by atoms with Crippen LogP contribution < -0.4 is 0 Å². The molecule has 0 atom stereocenters. The minimum Gasteiger partial charge on any atom is -0.466 e. The zero-order valence-corrected chi connectivity index (χ0v) is 11.5. The van der Waals surface area contributed by atoms with E-state index in [1.807, 2.05) is 0 Å². The van der Waals surface area contributed by atoms with Crippen LogP contribution in [0.5, 0.6) is 0 Å². The second-order valence-electron chi connectivity index (χ2n) is 4.57. The van der Waals surface area contributed by atoms with E-state index < -0.39 is 17.6 Å². The number of hydrogen-bond acceptors (Lipinski definition) is 5. The van der Waals surface area contributed by atoms with Crippen molar-refractivity contribution in [3.05, 3.63) is 59.3 Å². The molecule has 22 heavy (non-hydrogen) atoms. The van der Waals surface area contributed by atoms with E-state index in [1.165, 1.54) is 13.2 Å². The lowest BCUT2D eigenvalue weighted by Gasteiger charge is -2.07. The fourth-order valence-corrected chi connectivity index (χ4v) is 1.93. The quantitative estimate of drug-likeness (QED) is 0.695. The van der Waals surface area contributed by atoms with Gasteiger partial charge in [-0.2, -0.15) is 0 Å². The molecule has 3 aromatic rings. The molecule has 0 unspecified atom stereocenters. The average Bonchev–Trinajstić information content (AvgIpc) is 2.99. The maximum Gasteiger partial charge on any atom is 0.359 e. The molecule has 1 aromatic carbocycles. The van der Waals surface area contributed by atoms with Crippen molar-refractivity contribution in [3.8, 4) is 0 Å². The summed E-state index contributed by atoms with van der Waals surface area (Å²) in [5.74, 6) is -2.31. The van der Waals surface area contributed by atoms with E-state index in [-0.39, 0.29) is 29.0 Å². The zero-order chi connectivity index (χ0) is 15.7. The summed E-state index contributed by atoms with van der Waals surface area (Å²) in [5.41, 5.74) is 0.460. The molecule has 7 heteroatoms. The van der Waals surface area contributed by atoms with Gasteiger partial charge in [0.25, 0.3) is 0 Å². The van der Waals surface area contributed by atoms with E-state index in [9.17, 15) is 13.6 Å². The largest absolute Gasteiger partial charge is 0.466 e. The number of ether oxygens (including phenoxy) is 1. The van der Waals surface area contributed by atoms with Crippen molar-refractivity contribution in [1.82, 2.24) is 9.97 Å². The first-order valence-electron chi connectivity index (χ1n) is 6.37. The average molecular weight is 304 g/mol. The van der Waals surface area contributed by atoms with Crippen LogP contribution in [-0.4, -0.2) is 15.9 Å². The van der Waals surface area contributed by atoms with E-state index in [4.69, 9.17) is 9.15 Å². The molecule has 0 saturated carbocycles. The standard InChI is InChI=1S/C15H10F2N2O3/c1-8-14(15(20)22-7-9-3-2-4-21-9)19-13-6-11(17)10(16)5-12(13)18-8/h2-6H,7H2,1H3. The molecule has 0 aliphatic carbocycles. The van der Waals surface area contributed by atoms with Crippen molar-refractivity contribution < 1.29 is 22.7 Å². The lowest BCUT2D eigenvalue weighted by atomic mass is 10.2. The fourth-order valence-electron chi connectivity index (χ4n) is 1.93. The summed E-state index contributed by atoms with van der Waals surface area (Å²) in [6.45, 7) is 1.49. The van der Waals surface area contributed by atoms with Crippen LogP contribution >= 0.6 is 0 Å². The summed E-state index contributed by atoms with van der Waals surface area (Å²) >= 11 is 0. The number of aromatic nitrogens is 2. The number of benzene rings is 1. The van der Waals surface area contributed by atoms with Crippen molar-refractivity contribution in [2.24, 2.45) is 0 Å². The summed E-state index contributed by atoms with van der Waals surface area (Å²) in [5, 5.41) is 0. The molecule has 3 rings (SSSR count). The highest BCUT2D eigenvalue weighted by Crippen LogP contribution is 2.18. The van der Waals surface area contributed by atoms with E-state index >= 15 is 0 Å². The summed E-state index contributed by atoms with van der Waals surface area (Å²) in [6, 6.07) is 5.15. The van der Waals surface area contributed by atoms with Gasteiger partial charge < -0.3 is 9.15 Å². The number of aryl methyl sites for hydroxylation is 1. The van der Waals surface area contributed by atoms with Crippen LogP contribution in [0.2, 0.25) is 0 Å². The molecule has 0 aliphatic rings. The zero-order valence-electron chi connectivity index (χ0n) is 11.5. The molecule has 0 spiro atoms. The summed E-state index contributed by atoms with van der Waals surface area (Å²) in [6.07, 6.45) is 1.46. The molecule has 0 saturated heterocycles. The van der Waals surface area contributed by atoms with Gasteiger partial charge in [-0.1, -0.05) is 0 Å². The fraction of sp³-hybridized carbons (Fsp3) is 0.133. The second-order valence-corrected chi connectivity index (χ2v) is 4.57. The third-order valence-corrected chi connectivity index (χ3v) is 3.00. The Morgan fingerprint density at radius 3 is 2.55 bits per heavy atom. The van der Waals surface area contributed by atoms with Gasteiger partial charge >= 0.3 is 5.97 Å². The SMILES string of the molecule is Cc1nc2cc(F)c(F)cc2nc1C(=O)OCc1ccco1. The Kier molecular flexibility index (Phi) is 3.54. The third kappa shape index (κ3) is 2.65. The van der Waals surface area contributed by atoms with Crippen molar-refractivity contribution in [2.45, 2.75) is 13.5 Å². The molecule has 0 fully saturated rings. The van der Waals surface area contributed by atoms with Gasteiger partial charge in [-0.3, -0.25) is 0 Å². The first-order valence-corrected chi connectivity index (χ1v) is 6.37. The van der Waals surface area contributed by atoms with Crippen LogP contribution in [0.1, 0.15) is 21.9 Å². The Labute approximate surface area is 123 Å². The molecular weight excluding hydrogens is 294 g/mol. The summed E-state index contributed by atoms with van der Waals surface area (Å²) < 4.78 is 36.5. The van der Waals surface area contributed by atoms with Crippen LogP contribution in [-0.2, 0) is 11.3 Å². The highest BCUT2D eigenvalue weighted by atomic mass is 19.2. The Morgan fingerprint density at radius 2 is 1.91 bits per heavy atom. The molecule has 0 N–H and O–H groups in total. The molecule has 0 bridgehead atoms. The third-order valence-electron chi connectivity index (χ3n) is 3.00. The highest BCUT2D eigenvalue weighted by Gasteiger charge is 2.17. The first-order chi connectivity index (χ1) is 10.5. The predicted molar refractivity (Wildman–Crippen MR) is 72.0 cm³/mol. The molecular formula is C15H10F2N2O3. The maximum atomic E-state index is 13.2. The number of fused-ring (bicyclic) bond motifs is 1. The normalized spacial score (nSPS) is 10.9. The lowest BCUT2D eigenvalue weighted by Crippen LogP contribution is -2.11. The van der Waals surface area contributed by atoms with Crippen molar-refractivity contribution in [2.75, 3.05) is 0 Å². The van der Waals surface area contributed by atoms with E-state index in [1.54, 1.807) is 12.1 Å². The van der Waals surface area contributed by atoms with Crippen LogP contribution in [0.4, 0.5) is 8.78 Å². The lowest BCUT2D eigenvalue weighted by molar-refractivity contribution is 0.0437. The molecule has 0 radical (unpaired) electrons. The van der Waals surface area contributed by atoms with Gasteiger partial charge in [-0.05, 0) is 19.1 Å². The Bertz CT molecular complexity index is 848. The molecule has 2 aromatic heterocycles. The second kappa shape index (κ2) is 5.51. The predicted octanol–water partition coefficient (Wildman–Crippen LogP) is 3.17. The Balaban J connectivity index is 1.90. The molecule has 0 amide bonds. The van der Waals surface area contributed by atoms with Gasteiger partial charge in [0.2, 0.25) is 0 Å². The van der Waals surface area contributed by atoms with Gasteiger partial charge in [-0.25, -0.2) is 23.5 Å². The number of hydrogen-bond donors (Lipinski definition) is 0. The van der Waals surface area contributed by atoms with Crippen molar-refractivity contribution in [1.29, 1.82) is 0 Å². The first kappa shape index (κ1) is 14.1. The number of nitrogens with zero attached hydrogens (tertiary/aromatic N) is 2. The molecule has 5 nitrogen and oxygen atoms in total. The number of esters is 1. The topological polar surface area (TPSA) is 65.2 Å². The van der Waals surface area contributed by atoms with Gasteiger partial charge in [0.15, 0.2) is 17.3 Å². The molecule has 0 aliphatic heterocycles. The van der Waals surface area contributed by atoms with Gasteiger partial charge in [0, 0.05) is 12.1 Å². The molecule has 2 heterocycles. The number of halogens is 2. The summed E-state index contributed by atoms with van der Waals surface area (Å²) in [7, 11) is 0. The smallest absolute Gasteiger partial charge is 0.359 e. The van der Waals surface area contributed by atoms with Crippen molar-refractivity contribution in [3.63, 3.8) is 0 Å². The van der Waals surface area contributed by atoms with Crippen molar-refractivity contribution >= 4 is 17.0 Å². The van der Waals surface area contributed by atoms with E-state index in [0.29, 0.717) is 5.76 Å². The summed E-state index contributed by atoms with van der Waals surface area (Å²) in [4.78, 5) is 20.1. The minimum absolute atomic E-state index is 0.0509. The van der Waals surface area contributed by atoms with Crippen LogP contribution in [0.15, 0.2) is 34.9 Å². The molecule has 112 valence electrons. The number of furan rings is 1. The number of carbonyl (C=O) groups is 1. The van der Waals surface area contributed by atoms with E-state index in [2.05, 4.69) is 9.97 Å². The van der Waals surface area contributed by atoms with Crippen LogP contribution in [0.25, 0.3) is 11.0 Å². The van der Waals surface area contributed by atoms with Gasteiger partial charge in [-0.15, -0.1) is 0 Å². The van der Waals surface area contributed by atoms with E-state index in [0.717, 1.165) is 12.1 Å². The maximum absolute atomic E-state index is 13.2.